The largest absolute Gasteiger partial charge is 0.494 e. The maximum Gasteiger partial charge on any atom is 0.251 e. The third kappa shape index (κ3) is 6.18. The van der Waals surface area contributed by atoms with E-state index in [0.717, 1.165) is 0 Å². The number of carbonyl (C=O) groups excluding carboxylic acids is 2. The molecule has 186 valence electrons. The van der Waals surface area contributed by atoms with Gasteiger partial charge in [-0.25, -0.2) is 8.42 Å². The number of carbonyl (C=O) groups is 2. The van der Waals surface area contributed by atoms with Crippen LogP contribution in [0.15, 0.2) is 53.4 Å². The van der Waals surface area contributed by atoms with E-state index >= 15 is 0 Å². The van der Waals surface area contributed by atoms with Gasteiger partial charge in [-0.3, -0.25) is 9.59 Å². The van der Waals surface area contributed by atoms with E-state index in [0.29, 0.717) is 23.5 Å². The highest BCUT2D eigenvalue weighted by Gasteiger charge is 2.34. The lowest BCUT2D eigenvalue weighted by atomic mass is 10.0. The van der Waals surface area contributed by atoms with Crippen molar-refractivity contribution in [1.29, 1.82) is 5.26 Å². The molecule has 0 bridgehead atoms. The van der Waals surface area contributed by atoms with Crippen molar-refractivity contribution in [2.75, 3.05) is 32.8 Å². The predicted octanol–water partition coefficient (Wildman–Crippen LogP) is 2.24. The fourth-order valence-corrected chi connectivity index (χ4v) is 5.23. The van der Waals surface area contributed by atoms with Crippen molar-refractivity contribution in [1.82, 2.24) is 14.5 Å². The molecule has 1 saturated heterocycles. The Hall–Kier alpha value is -3.42. The summed E-state index contributed by atoms with van der Waals surface area (Å²) in [5, 5.41) is 11.7. The lowest BCUT2D eigenvalue weighted by molar-refractivity contribution is -0.135. The van der Waals surface area contributed by atoms with Gasteiger partial charge in [-0.15, -0.1) is 0 Å². The van der Waals surface area contributed by atoms with Gasteiger partial charge < -0.3 is 15.0 Å². The van der Waals surface area contributed by atoms with Crippen molar-refractivity contribution in [2.45, 2.75) is 31.7 Å². The first-order valence-corrected chi connectivity index (χ1v) is 12.9. The summed E-state index contributed by atoms with van der Waals surface area (Å²) in [7, 11) is -3.73. The standard InChI is InChI=1S/C25H30N4O5S/c1-4-34-21-9-7-20(8-10-21)24(30)27-23(18(2)3)25(31)28-13-15-29(16-14-28)35(32,33)22-11-5-19(17-26)6-12-22/h5-12,18,23H,4,13-16H2,1-3H3,(H,27,30)/t23-/m0/s1. The van der Waals surface area contributed by atoms with E-state index in [9.17, 15) is 18.0 Å². The molecule has 1 heterocycles. The summed E-state index contributed by atoms with van der Waals surface area (Å²) in [4.78, 5) is 27.7. The van der Waals surface area contributed by atoms with Crippen LogP contribution >= 0.6 is 0 Å². The van der Waals surface area contributed by atoms with Crippen molar-refractivity contribution in [3.63, 3.8) is 0 Å². The molecule has 35 heavy (non-hydrogen) atoms. The number of rotatable bonds is 8. The third-order valence-electron chi connectivity index (χ3n) is 5.82. The Morgan fingerprint density at radius 3 is 2.14 bits per heavy atom. The first-order valence-electron chi connectivity index (χ1n) is 11.5. The summed E-state index contributed by atoms with van der Waals surface area (Å²) in [6.07, 6.45) is 0. The Morgan fingerprint density at radius 2 is 1.63 bits per heavy atom. The van der Waals surface area contributed by atoms with E-state index in [1.54, 1.807) is 29.2 Å². The van der Waals surface area contributed by atoms with E-state index in [-0.39, 0.29) is 48.8 Å². The molecule has 1 N–H and O–H groups in total. The molecular formula is C25H30N4O5S. The second kappa shape index (κ2) is 11.3. The second-order valence-corrected chi connectivity index (χ2v) is 10.5. The van der Waals surface area contributed by atoms with Crippen LogP contribution in [0, 0.1) is 17.2 Å². The number of sulfonamides is 1. The van der Waals surface area contributed by atoms with Gasteiger partial charge in [0.2, 0.25) is 15.9 Å². The highest BCUT2D eigenvalue weighted by atomic mass is 32.2. The zero-order chi connectivity index (χ0) is 25.6. The summed E-state index contributed by atoms with van der Waals surface area (Å²) in [6, 6.07) is 13.7. The average molecular weight is 499 g/mol. The monoisotopic (exact) mass is 498 g/mol. The van der Waals surface area contributed by atoms with Crippen molar-refractivity contribution in [3.8, 4) is 11.8 Å². The number of nitrogens with one attached hydrogen (secondary N) is 1. The van der Waals surface area contributed by atoms with Gasteiger partial charge in [-0.05, 0) is 61.4 Å². The summed E-state index contributed by atoms with van der Waals surface area (Å²) < 4.78 is 32.6. The van der Waals surface area contributed by atoms with Crippen molar-refractivity contribution in [3.05, 3.63) is 59.7 Å². The van der Waals surface area contributed by atoms with Crippen LogP contribution in [0.4, 0.5) is 0 Å². The average Bonchev–Trinajstić information content (AvgIpc) is 2.87. The molecule has 0 radical (unpaired) electrons. The topological polar surface area (TPSA) is 120 Å². The molecule has 0 spiro atoms. The lowest BCUT2D eigenvalue weighted by Gasteiger charge is -2.36. The van der Waals surface area contributed by atoms with Gasteiger partial charge in [0.25, 0.3) is 5.91 Å². The minimum atomic E-state index is -3.73. The summed E-state index contributed by atoms with van der Waals surface area (Å²) in [5.41, 5.74) is 0.802. The Bertz CT molecular complexity index is 1180. The minimum Gasteiger partial charge on any atom is -0.494 e. The van der Waals surface area contributed by atoms with E-state index in [1.165, 1.54) is 28.6 Å². The number of amides is 2. The van der Waals surface area contributed by atoms with Crippen LogP contribution in [0.3, 0.4) is 0 Å². The molecule has 0 aliphatic carbocycles. The first-order chi connectivity index (χ1) is 16.7. The Balaban J connectivity index is 1.63. The third-order valence-corrected chi connectivity index (χ3v) is 7.73. The number of benzene rings is 2. The van der Waals surface area contributed by atoms with E-state index in [1.807, 2.05) is 26.8 Å². The van der Waals surface area contributed by atoms with Crippen LogP contribution in [0.2, 0.25) is 0 Å². The van der Waals surface area contributed by atoms with Gasteiger partial charge in [-0.1, -0.05) is 13.8 Å². The molecule has 3 rings (SSSR count). The zero-order valence-electron chi connectivity index (χ0n) is 20.1. The number of nitriles is 1. The molecule has 10 heteroatoms. The van der Waals surface area contributed by atoms with Gasteiger partial charge >= 0.3 is 0 Å². The molecule has 9 nitrogen and oxygen atoms in total. The number of nitrogens with zero attached hydrogens (tertiary/aromatic N) is 3. The molecular weight excluding hydrogens is 468 g/mol. The quantitative estimate of drug-likeness (QED) is 0.596. The maximum atomic E-state index is 13.2. The van der Waals surface area contributed by atoms with Crippen molar-refractivity contribution in [2.24, 2.45) is 5.92 Å². The predicted molar refractivity (Wildman–Crippen MR) is 130 cm³/mol. The molecule has 2 amide bonds. The summed E-state index contributed by atoms with van der Waals surface area (Å²) >= 11 is 0. The molecule has 2 aromatic rings. The summed E-state index contributed by atoms with van der Waals surface area (Å²) in [5.74, 6) is -0.0965. The molecule has 1 aliphatic heterocycles. The van der Waals surface area contributed by atoms with Crippen LogP contribution in [0.25, 0.3) is 0 Å². The number of hydrogen-bond donors (Lipinski definition) is 1. The lowest BCUT2D eigenvalue weighted by Crippen LogP contribution is -2.57. The second-order valence-electron chi connectivity index (χ2n) is 8.52. The number of ether oxygens (including phenoxy) is 1. The van der Waals surface area contributed by atoms with Gasteiger partial charge in [0, 0.05) is 31.7 Å². The number of piperazine rings is 1. The Kier molecular flexibility index (Phi) is 8.48. The number of hydrogen-bond acceptors (Lipinski definition) is 6. The normalized spacial score (nSPS) is 15.3. The fourth-order valence-electron chi connectivity index (χ4n) is 3.80. The van der Waals surface area contributed by atoms with Crippen LogP contribution in [-0.4, -0.2) is 68.3 Å². The van der Waals surface area contributed by atoms with Crippen molar-refractivity contribution < 1.29 is 22.7 Å². The van der Waals surface area contributed by atoms with Crippen LogP contribution in [0.5, 0.6) is 5.75 Å². The van der Waals surface area contributed by atoms with Crippen LogP contribution < -0.4 is 10.1 Å². The Labute approximate surface area is 206 Å². The first kappa shape index (κ1) is 26.2. The van der Waals surface area contributed by atoms with Gasteiger partial charge in [-0.2, -0.15) is 9.57 Å². The van der Waals surface area contributed by atoms with E-state index < -0.39 is 16.1 Å². The van der Waals surface area contributed by atoms with Gasteiger partial charge in [0.05, 0.1) is 23.1 Å². The SMILES string of the molecule is CCOc1ccc(C(=O)N[C@H](C(=O)N2CCN(S(=O)(=O)c3ccc(C#N)cc3)CC2)C(C)C)cc1. The highest BCUT2D eigenvalue weighted by molar-refractivity contribution is 7.89. The van der Waals surface area contributed by atoms with E-state index in [4.69, 9.17) is 10.00 Å². The molecule has 0 saturated carbocycles. The minimum absolute atomic E-state index is 0.110. The molecule has 2 aromatic carbocycles. The highest BCUT2D eigenvalue weighted by Crippen LogP contribution is 2.19. The maximum absolute atomic E-state index is 13.2. The van der Waals surface area contributed by atoms with Crippen LogP contribution in [-0.2, 0) is 14.8 Å². The van der Waals surface area contributed by atoms with Crippen molar-refractivity contribution >= 4 is 21.8 Å². The van der Waals surface area contributed by atoms with Crippen LogP contribution in [0.1, 0.15) is 36.7 Å². The summed E-state index contributed by atoms with van der Waals surface area (Å²) in [6.45, 7) is 6.84. The zero-order valence-corrected chi connectivity index (χ0v) is 20.9. The Morgan fingerprint density at radius 1 is 1.03 bits per heavy atom. The molecule has 0 aromatic heterocycles. The molecule has 1 fully saturated rings. The van der Waals surface area contributed by atoms with Gasteiger partial charge in [0.1, 0.15) is 11.8 Å². The van der Waals surface area contributed by atoms with E-state index in [2.05, 4.69) is 5.32 Å². The van der Waals surface area contributed by atoms with Gasteiger partial charge in [0.15, 0.2) is 0 Å². The molecule has 1 aliphatic rings. The molecule has 1 atom stereocenters. The smallest absolute Gasteiger partial charge is 0.251 e. The molecule has 0 unspecified atom stereocenters. The fraction of sp³-hybridized carbons (Fsp3) is 0.400.